The number of methoxy groups -OCH3 is 2. The molecule has 0 aliphatic heterocycles. The van der Waals surface area contributed by atoms with Gasteiger partial charge < -0.3 is 9.47 Å². The van der Waals surface area contributed by atoms with E-state index in [4.69, 9.17) is 9.47 Å². The summed E-state index contributed by atoms with van der Waals surface area (Å²) in [7, 11) is 3.13. The SMILES string of the molecule is COC(=O)C1(c2cc(C)c(OC)cc2C)CC1(C)C. The Bertz CT molecular complexity index is 531. The Morgan fingerprint density at radius 1 is 1.16 bits per heavy atom. The van der Waals surface area contributed by atoms with Crippen molar-refractivity contribution >= 4 is 5.97 Å². The van der Waals surface area contributed by atoms with Gasteiger partial charge in [-0.25, -0.2) is 0 Å². The second kappa shape index (κ2) is 4.26. The van der Waals surface area contributed by atoms with Gasteiger partial charge in [0.05, 0.1) is 19.6 Å². The van der Waals surface area contributed by atoms with Crippen molar-refractivity contribution in [3.05, 3.63) is 28.8 Å². The Balaban J connectivity index is 2.58. The maximum Gasteiger partial charge on any atom is 0.316 e. The van der Waals surface area contributed by atoms with Crippen LogP contribution >= 0.6 is 0 Å². The van der Waals surface area contributed by atoms with E-state index in [0.29, 0.717) is 0 Å². The molecule has 0 heterocycles. The highest BCUT2D eigenvalue weighted by atomic mass is 16.5. The number of esters is 1. The summed E-state index contributed by atoms with van der Waals surface area (Å²) in [6, 6.07) is 4.07. The molecule has 1 aromatic rings. The van der Waals surface area contributed by atoms with Crippen molar-refractivity contribution in [1.29, 1.82) is 0 Å². The van der Waals surface area contributed by atoms with Gasteiger partial charge >= 0.3 is 5.97 Å². The molecular weight excluding hydrogens is 240 g/mol. The molecule has 19 heavy (non-hydrogen) atoms. The average molecular weight is 262 g/mol. The lowest BCUT2D eigenvalue weighted by Crippen LogP contribution is -2.28. The van der Waals surface area contributed by atoms with E-state index in [-0.39, 0.29) is 11.4 Å². The first kappa shape index (κ1) is 13.9. The lowest BCUT2D eigenvalue weighted by atomic mass is 9.84. The highest BCUT2D eigenvalue weighted by Gasteiger charge is 2.68. The first-order valence-corrected chi connectivity index (χ1v) is 6.54. The number of aryl methyl sites for hydroxylation is 2. The second-order valence-electron chi connectivity index (χ2n) is 6.09. The predicted octanol–water partition coefficient (Wildman–Crippen LogP) is 3.15. The van der Waals surface area contributed by atoms with Gasteiger partial charge in [0.2, 0.25) is 0 Å². The van der Waals surface area contributed by atoms with Crippen molar-refractivity contribution < 1.29 is 14.3 Å². The van der Waals surface area contributed by atoms with Gasteiger partial charge in [-0.15, -0.1) is 0 Å². The van der Waals surface area contributed by atoms with Crippen molar-refractivity contribution in [2.45, 2.75) is 39.5 Å². The Morgan fingerprint density at radius 3 is 2.16 bits per heavy atom. The molecule has 1 unspecified atom stereocenters. The molecular formula is C16H22O3. The number of hydrogen-bond acceptors (Lipinski definition) is 3. The molecule has 0 aromatic heterocycles. The summed E-state index contributed by atoms with van der Waals surface area (Å²) < 4.78 is 10.4. The van der Waals surface area contributed by atoms with Gasteiger partial charge in [-0.05, 0) is 48.4 Å². The highest BCUT2D eigenvalue weighted by molar-refractivity contribution is 5.89. The molecule has 1 aliphatic carbocycles. The van der Waals surface area contributed by atoms with Gasteiger partial charge in [0.1, 0.15) is 5.75 Å². The minimum absolute atomic E-state index is 0.0497. The van der Waals surface area contributed by atoms with Crippen LogP contribution in [0.3, 0.4) is 0 Å². The van der Waals surface area contributed by atoms with Gasteiger partial charge in [-0.1, -0.05) is 19.9 Å². The standard InChI is InChI=1S/C16H22O3/c1-10-8-13(18-5)11(2)7-12(10)16(14(17)19-6)9-15(16,3)4/h7-8H,9H2,1-6H3. The van der Waals surface area contributed by atoms with Gasteiger partial charge in [0.15, 0.2) is 0 Å². The number of carbonyl (C=O) groups excluding carboxylic acids is 1. The normalized spacial score (nSPS) is 23.9. The van der Waals surface area contributed by atoms with Crippen LogP contribution in [0.5, 0.6) is 5.75 Å². The Hall–Kier alpha value is -1.51. The minimum Gasteiger partial charge on any atom is -0.496 e. The van der Waals surface area contributed by atoms with Gasteiger partial charge in [-0.2, -0.15) is 0 Å². The highest BCUT2D eigenvalue weighted by Crippen LogP contribution is 2.65. The maximum atomic E-state index is 12.3. The fourth-order valence-corrected chi connectivity index (χ4v) is 3.18. The fraction of sp³-hybridized carbons (Fsp3) is 0.562. The summed E-state index contributed by atoms with van der Waals surface area (Å²) in [6.07, 6.45) is 0.833. The summed E-state index contributed by atoms with van der Waals surface area (Å²) in [5.74, 6) is 0.727. The van der Waals surface area contributed by atoms with E-state index in [0.717, 1.165) is 28.9 Å². The van der Waals surface area contributed by atoms with Crippen molar-refractivity contribution in [2.24, 2.45) is 5.41 Å². The van der Waals surface area contributed by atoms with Crippen LogP contribution in [0.1, 0.15) is 37.0 Å². The maximum absolute atomic E-state index is 12.3. The largest absolute Gasteiger partial charge is 0.496 e. The number of ether oxygens (including phenoxy) is 2. The molecule has 0 saturated heterocycles. The zero-order valence-corrected chi connectivity index (χ0v) is 12.6. The van der Waals surface area contributed by atoms with Crippen LogP contribution in [-0.2, 0) is 14.9 Å². The first-order valence-electron chi connectivity index (χ1n) is 6.54. The zero-order valence-electron chi connectivity index (χ0n) is 12.6. The van der Waals surface area contributed by atoms with E-state index in [9.17, 15) is 4.79 Å². The van der Waals surface area contributed by atoms with Crippen LogP contribution in [0.25, 0.3) is 0 Å². The van der Waals surface area contributed by atoms with Crippen LogP contribution < -0.4 is 4.74 Å². The summed E-state index contributed by atoms with van der Waals surface area (Å²) in [4.78, 5) is 12.3. The topological polar surface area (TPSA) is 35.5 Å². The molecule has 2 rings (SSSR count). The van der Waals surface area contributed by atoms with E-state index in [2.05, 4.69) is 19.9 Å². The fourth-order valence-electron chi connectivity index (χ4n) is 3.18. The third-order valence-electron chi connectivity index (χ3n) is 4.47. The molecule has 0 bridgehead atoms. The van der Waals surface area contributed by atoms with E-state index in [1.54, 1.807) is 7.11 Å². The quantitative estimate of drug-likeness (QED) is 0.785. The molecule has 1 saturated carbocycles. The molecule has 0 N–H and O–H groups in total. The molecule has 1 atom stereocenters. The Morgan fingerprint density at radius 2 is 1.74 bits per heavy atom. The van der Waals surface area contributed by atoms with Crippen LogP contribution in [-0.4, -0.2) is 20.2 Å². The lowest BCUT2D eigenvalue weighted by molar-refractivity contribution is -0.144. The third-order valence-corrected chi connectivity index (χ3v) is 4.47. The number of hydrogen-bond donors (Lipinski definition) is 0. The molecule has 3 nitrogen and oxygen atoms in total. The number of rotatable bonds is 3. The smallest absolute Gasteiger partial charge is 0.316 e. The minimum atomic E-state index is -0.497. The zero-order chi connectivity index (χ0) is 14.4. The van der Waals surface area contributed by atoms with E-state index >= 15 is 0 Å². The van der Waals surface area contributed by atoms with Crippen LogP contribution in [0, 0.1) is 19.3 Å². The molecule has 1 aliphatic rings. The van der Waals surface area contributed by atoms with Crippen LogP contribution in [0.2, 0.25) is 0 Å². The second-order valence-corrected chi connectivity index (χ2v) is 6.09. The average Bonchev–Trinajstić information content (AvgIpc) is 2.94. The summed E-state index contributed by atoms with van der Waals surface area (Å²) >= 11 is 0. The Labute approximate surface area is 114 Å². The number of carbonyl (C=O) groups is 1. The third kappa shape index (κ3) is 1.83. The summed E-state index contributed by atoms with van der Waals surface area (Å²) in [5.41, 5.74) is 2.66. The van der Waals surface area contributed by atoms with Crippen molar-refractivity contribution in [1.82, 2.24) is 0 Å². The summed E-state index contributed by atoms with van der Waals surface area (Å²) in [6.45, 7) is 8.25. The van der Waals surface area contributed by atoms with Crippen molar-refractivity contribution in [3.8, 4) is 5.75 Å². The summed E-state index contributed by atoms with van der Waals surface area (Å²) in [5, 5.41) is 0. The first-order chi connectivity index (χ1) is 8.80. The molecule has 3 heteroatoms. The monoisotopic (exact) mass is 262 g/mol. The lowest BCUT2D eigenvalue weighted by Gasteiger charge is -2.22. The van der Waals surface area contributed by atoms with E-state index in [1.807, 2.05) is 19.9 Å². The Kier molecular flexibility index (Phi) is 3.12. The van der Waals surface area contributed by atoms with Gasteiger partial charge in [0, 0.05) is 0 Å². The van der Waals surface area contributed by atoms with Crippen LogP contribution in [0.4, 0.5) is 0 Å². The molecule has 1 fully saturated rings. The molecule has 0 spiro atoms. The van der Waals surface area contributed by atoms with Crippen molar-refractivity contribution in [2.75, 3.05) is 14.2 Å². The van der Waals surface area contributed by atoms with Crippen molar-refractivity contribution in [3.63, 3.8) is 0 Å². The number of benzene rings is 1. The molecule has 1 aromatic carbocycles. The van der Waals surface area contributed by atoms with E-state index < -0.39 is 5.41 Å². The van der Waals surface area contributed by atoms with Crippen LogP contribution in [0.15, 0.2) is 12.1 Å². The van der Waals surface area contributed by atoms with Gasteiger partial charge in [0.25, 0.3) is 0 Å². The van der Waals surface area contributed by atoms with Gasteiger partial charge in [-0.3, -0.25) is 4.79 Å². The molecule has 0 amide bonds. The molecule has 0 radical (unpaired) electrons. The van der Waals surface area contributed by atoms with E-state index in [1.165, 1.54) is 7.11 Å². The predicted molar refractivity (Wildman–Crippen MR) is 74.6 cm³/mol. The molecule has 104 valence electrons.